The van der Waals surface area contributed by atoms with Gasteiger partial charge in [0.1, 0.15) is 5.82 Å². The molecule has 1 aromatic carbocycles. The van der Waals surface area contributed by atoms with Gasteiger partial charge in [0.05, 0.1) is 4.47 Å². The Morgan fingerprint density at radius 1 is 1.11 bits per heavy atom. The number of anilines is 2. The third-order valence-corrected chi connectivity index (χ3v) is 4.04. The number of nitrogens with zero attached hydrogens (tertiary/aromatic N) is 1. The number of aromatic nitrogens is 1. The molecule has 1 heterocycles. The van der Waals surface area contributed by atoms with Gasteiger partial charge in [0.2, 0.25) is 0 Å². The average molecular weight is 435 g/mol. The van der Waals surface area contributed by atoms with Crippen LogP contribution in [0.25, 0.3) is 0 Å². The Bertz CT molecular complexity index is 570. The van der Waals surface area contributed by atoms with E-state index in [2.05, 4.69) is 77.1 Å². The van der Waals surface area contributed by atoms with Crippen LogP contribution in [0.3, 0.4) is 0 Å². The normalized spacial score (nSPS) is 10.4. The maximum absolute atomic E-state index is 4.35. The summed E-state index contributed by atoms with van der Waals surface area (Å²) in [6.45, 7) is 2.14. The first-order chi connectivity index (χ1) is 8.60. The van der Waals surface area contributed by atoms with Gasteiger partial charge in [-0.2, -0.15) is 0 Å². The van der Waals surface area contributed by atoms with Gasteiger partial charge in [-0.3, -0.25) is 0 Å². The highest BCUT2D eigenvalue weighted by atomic mass is 79.9. The molecule has 1 N–H and O–H groups in total. The van der Waals surface area contributed by atoms with Crippen LogP contribution in [0.2, 0.25) is 0 Å². The van der Waals surface area contributed by atoms with Crippen LogP contribution < -0.4 is 5.32 Å². The molecule has 0 spiro atoms. The van der Waals surface area contributed by atoms with Gasteiger partial charge >= 0.3 is 0 Å². The molecule has 18 heavy (non-hydrogen) atoms. The van der Waals surface area contributed by atoms with E-state index in [4.69, 9.17) is 0 Å². The SMILES string of the molecule is CCc1cc(Br)ccc1Nc1ncc(Br)cc1Br. The monoisotopic (exact) mass is 432 g/mol. The van der Waals surface area contributed by atoms with E-state index in [1.807, 2.05) is 12.1 Å². The number of nitrogens with one attached hydrogen (secondary N) is 1. The van der Waals surface area contributed by atoms with Crippen LogP contribution in [0.15, 0.2) is 43.9 Å². The molecule has 94 valence electrons. The molecule has 0 saturated heterocycles. The fourth-order valence-electron chi connectivity index (χ4n) is 1.61. The second-order valence-corrected chi connectivity index (χ2v) is 6.45. The minimum absolute atomic E-state index is 0.815. The van der Waals surface area contributed by atoms with E-state index in [9.17, 15) is 0 Å². The first-order valence-corrected chi connectivity index (χ1v) is 7.84. The van der Waals surface area contributed by atoms with Gasteiger partial charge in [0.25, 0.3) is 0 Å². The fourth-order valence-corrected chi connectivity index (χ4v) is 3.11. The standard InChI is InChI=1S/C13H11Br3N2/c1-2-8-5-9(14)3-4-12(8)18-13-11(16)6-10(15)7-17-13/h3-7H,2H2,1H3,(H,17,18). The molecule has 0 radical (unpaired) electrons. The maximum Gasteiger partial charge on any atom is 0.144 e. The van der Waals surface area contributed by atoms with Crippen LogP contribution in [-0.4, -0.2) is 4.98 Å². The van der Waals surface area contributed by atoms with E-state index in [1.165, 1.54) is 5.56 Å². The lowest BCUT2D eigenvalue weighted by Crippen LogP contribution is -1.98. The molecule has 0 atom stereocenters. The lowest BCUT2D eigenvalue weighted by atomic mass is 10.1. The Kier molecular flexibility index (Phi) is 4.81. The molecule has 2 aromatic rings. The van der Waals surface area contributed by atoms with Gasteiger partial charge in [-0.05, 0) is 68.1 Å². The van der Waals surface area contributed by atoms with Crippen molar-refractivity contribution in [2.45, 2.75) is 13.3 Å². The average Bonchev–Trinajstić information content (AvgIpc) is 2.34. The zero-order valence-electron chi connectivity index (χ0n) is 9.67. The highest BCUT2D eigenvalue weighted by Gasteiger charge is 2.06. The van der Waals surface area contributed by atoms with E-state index in [-0.39, 0.29) is 0 Å². The predicted molar refractivity (Wildman–Crippen MR) is 86.4 cm³/mol. The third kappa shape index (κ3) is 3.33. The van der Waals surface area contributed by atoms with Crippen molar-refractivity contribution in [3.8, 4) is 0 Å². The van der Waals surface area contributed by atoms with E-state index >= 15 is 0 Å². The number of hydrogen-bond donors (Lipinski definition) is 1. The molecule has 5 heteroatoms. The van der Waals surface area contributed by atoms with E-state index < -0.39 is 0 Å². The van der Waals surface area contributed by atoms with Crippen molar-refractivity contribution < 1.29 is 0 Å². The molecule has 0 aliphatic heterocycles. The molecule has 0 bridgehead atoms. The van der Waals surface area contributed by atoms with Crippen LogP contribution in [0.4, 0.5) is 11.5 Å². The molecule has 2 nitrogen and oxygen atoms in total. The summed E-state index contributed by atoms with van der Waals surface area (Å²) in [6.07, 6.45) is 2.74. The maximum atomic E-state index is 4.35. The van der Waals surface area contributed by atoms with Crippen molar-refractivity contribution >= 4 is 59.3 Å². The van der Waals surface area contributed by atoms with E-state index in [0.29, 0.717) is 0 Å². The zero-order chi connectivity index (χ0) is 13.1. The van der Waals surface area contributed by atoms with Gasteiger partial charge in [-0.25, -0.2) is 4.98 Å². The van der Waals surface area contributed by atoms with Crippen molar-refractivity contribution in [1.82, 2.24) is 4.98 Å². The summed E-state index contributed by atoms with van der Waals surface area (Å²) in [5.41, 5.74) is 2.33. The van der Waals surface area contributed by atoms with Crippen molar-refractivity contribution in [3.63, 3.8) is 0 Å². The van der Waals surface area contributed by atoms with Crippen LogP contribution in [0, 0.1) is 0 Å². The molecule has 0 aliphatic carbocycles. The van der Waals surface area contributed by atoms with Gasteiger partial charge in [0, 0.05) is 20.8 Å². The molecule has 0 saturated carbocycles. The van der Waals surface area contributed by atoms with Crippen molar-refractivity contribution in [1.29, 1.82) is 0 Å². The molecule has 0 fully saturated rings. The molecule has 0 aliphatic rings. The molecular weight excluding hydrogens is 424 g/mol. The number of benzene rings is 1. The lowest BCUT2D eigenvalue weighted by Gasteiger charge is -2.12. The summed E-state index contributed by atoms with van der Waals surface area (Å²) in [6, 6.07) is 8.17. The van der Waals surface area contributed by atoms with E-state index in [0.717, 1.165) is 31.3 Å². The third-order valence-electron chi connectivity index (χ3n) is 2.51. The number of aryl methyl sites for hydroxylation is 1. The smallest absolute Gasteiger partial charge is 0.144 e. The summed E-state index contributed by atoms with van der Waals surface area (Å²) in [7, 11) is 0. The van der Waals surface area contributed by atoms with Crippen molar-refractivity contribution in [3.05, 3.63) is 49.4 Å². The van der Waals surface area contributed by atoms with Crippen LogP contribution in [0.5, 0.6) is 0 Å². The summed E-state index contributed by atoms with van der Waals surface area (Å²) in [5, 5.41) is 3.35. The quantitative estimate of drug-likeness (QED) is 0.672. The highest BCUT2D eigenvalue weighted by molar-refractivity contribution is 9.11. The Balaban J connectivity index is 2.33. The first-order valence-electron chi connectivity index (χ1n) is 5.46. The second kappa shape index (κ2) is 6.17. The largest absolute Gasteiger partial charge is 0.339 e. The Labute approximate surface area is 132 Å². The Morgan fingerprint density at radius 2 is 1.89 bits per heavy atom. The molecule has 1 aromatic heterocycles. The minimum Gasteiger partial charge on any atom is -0.339 e. The second-order valence-electron chi connectivity index (χ2n) is 3.76. The summed E-state index contributed by atoms with van der Waals surface area (Å²) in [5.74, 6) is 0.815. The highest BCUT2D eigenvalue weighted by Crippen LogP contribution is 2.29. The molecule has 0 amide bonds. The Morgan fingerprint density at radius 3 is 2.56 bits per heavy atom. The van der Waals surface area contributed by atoms with Gasteiger partial charge < -0.3 is 5.32 Å². The zero-order valence-corrected chi connectivity index (χ0v) is 14.4. The topological polar surface area (TPSA) is 24.9 Å². The van der Waals surface area contributed by atoms with Gasteiger partial charge in [-0.15, -0.1) is 0 Å². The number of pyridine rings is 1. The van der Waals surface area contributed by atoms with Gasteiger partial charge in [-0.1, -0.05) is 22.9 Å². The fraction of sp³-hybridized carbons (Fsp3) is 0.154. The molecule has 2 rings (SSSR count). The first kappa shape index (κ1) is 14.0. The number of rotatable bonds is 3. The van der Waals surface area contributed by atoms with Crippen molar-refractivity contribution in [2.75, 3.05) is 5.32 Å². The van der Waals surface area contributed by atoms with Crippen molar-refractivity contribution in [2.24, 2.45) is 0 Å². The van der Waals surface area contributed by atoms with Gasteiger partial charge in [0.15, 0.2) is 0 Å². The molecular formula is C13H11Br3N2. The Hall–Kier alpha value is -0.390. The number of hydrogen-bond acceptors (Lipinski definition) is 2. The predicted octanol–water partition coefficient (Wildman–Crippen LogP) is 5.68. The molecule has 0 unspecified atom stereocenters. The summed E-state index contributed by atoms with van der Waals surface area (Å²) in [4.78, 5) is 4.35. The van der Waals surface area contributed by atoms with Crippen LogP contribution >= 0.6 is 47.8 Å². The number of halogens is 3. The lowest BCUT2D eigenvalue weighted by molar-refractivity contribution is 1.13. The summed E-state index contributed by atoms with van der Waals surface area (Å²) >= 11 is 10.4. The van der Waals surface area contributed by atoms with Crippen LogP contribution in [-0.2, 0) is 6.42 Å². The summed E-state index contributed by atoms with van der Waals surface area (Å²) < 4.78 is 2.97. The van der Waals surface area contributed by atoms with Crippen LogP contribution in [0.1, 0.15) is 12.5 Å². The minimum atomic E-state index is 0.815. The van der Waals surface area contributed by atoms with E-state index in [1.54, 1.807) is 6.20 Å².